The van der Waals surface area contributed by atoms with E-state index in [0.29, 0.717) is 23.7 Å². The van der Waals surface area contributed by atoms with E-state index in [9.17, 15) is 0 Å². The molecule has 0 nitrogen and oxygen atoms in total. The molecule has 0 fully saturated rings. The summed E-state index contributed by atoms with van der Waals surface area (Å²) in [7, 11) is 0. The fourth-order valence-electron chi connectivity index (χ4n) is 4.28. The fourth-order valence-corrected chi connectivity index (χ4v) is 5.46. The molecule has 0 unspecified atom stereocenters. The van der Waals surface area contributed by atoms with Crippen molar-refractivity contribution in [1.82, 2.24) is 0 Å². The van der Waals surface area contributed by atoms with Crippen LogP contribution in [0.5, 0.6) is 0 Å². The monoisotopic (exact) mass is 404 g/mol. The van der Waals surface area contributed by atoms with Gasteiger partial charge in [0.05, 0.1) is 0 Å². The van der Waals surface area contributed by atoms with Gasteiger partial charge < -0.3 is 0 Å². The molecule has 0 amide bonds. The molecule has 0 aliphatic carbocycles. The standard InChI is InChI=1S/C28H36S/c1-17(2)21-11-9-12-22(18(3)4)27(21)25-15-16-26(29-25)28-23(19(5)6)13-10-14-24(28)20(7)8/h9-20H,1-8H3. The summed E-state index contributed by atoms with van der Waals surface area (Å²) in [6.45, 7) is 18.5. The zero-order valence-electron chi connectivity index (χ0n) is 19.3. The molecule has 0 atom stereocenters. The van der Waals surface area contributed by atoms with Gasteiger partial charge in [0.2, 0.25) is 0 Å². The minimum atomic E-state index is 0.517. The summed E-state index contributed by atoms with van der Waals surface area (Å²) in [5, 5.41) is 0. The average Bonchev–Trinajstić information content (AvgIpc) is 3.15. The van der Waals surface area contributed by atoms with Crippen LogP contribution in [-0.2, 0) is 0 Å². The predicted octanol–water partition coefficient (Wildman–Crippen LogP) is 9.58. The molecule has 0 radical (unpaired) electrons. The molecule has 3 aromatic rings. The predicted molar refractivity (Wildman–Crippen MR) is 132 cm³/mol. The highest BCUT2D eigenvalue weighted by Gasteiger charge is 2.20. The van der Waals surface area contributed by atoms with Crippen LogP contribution in [0.25, 0.3) is 20.9 Å². The third-order valence-corrected chi connectivity index (χ3v) is 6.96. The van der Waals surface area contributed by atoms with Crippen LogP contribution < -0.4 is 0 Å². The van der Waals surface area contributed by atoms with Crippen LogP contribution in [0.4, 0.5) is 0 Å². The third kappa shape index (κ3) is 4.36. The highest BCUT2D eigenvalue weighted by atomic mass is 32.1. The van der Waals surface area contributed by atoms with Crippen LogP contribution in [-0.4, -0.2) is 0 Å². The zero-order valence-corrected chi connectivity index (χ0v) is 20.2. The molecule has 1 aromatic heterocycles. The van der Waals surface area contributed by atoms with Crippen LogP contribution in [0.1, 0.15) is 101 Å². The molecular formula is C28H36S. The Kier molecular flexibility index (Phi) is 6.69. The van der Waals surface area contributed by atoms with Crippen molar-refractivity contribution < 1.29 is 0 Å². The van der Waals surface area contributed by atoms with Gasteiger partial charge in [0.25, 0.3) is 0 Å². The third-order valence-electron chi connectivity index (χ3n) is 5.84. The Hall–Kier alpha value is -1.86. The second kappa shape index (κ2) is 8.88. The first-order valence-corrected chi connectivity index (χ1v) is 11.9. The van der Waals surface area contributed by atoms with Crippen molar-refractivity contribution >= 4 is 11.3 Å². The molecule has 1 heterocycles. The molecule has 29 heavy (non-hydrogen) atoms. The number of hydrogen-bond acceptors (Lipinski definition) is 1. The van der Waals surface area contributed by atoms with Crippen LogP contribution >= 0.6 is 11.3 Å². The largest absolute Gasteiger partial charge is 0.135 e. The Balaban J connectivity index is 2.23. The summed E-state index contributed by atoms with van der Waals surface area (Å²) in [5.74, 6) is 2.07. The number of benzene rings is 2. The summed E-state index contributed by atoms with van der Waals surface area (Å²) in [4.78, 5) is 2.81. The van der Waals surface area contributed by atoms with Gasteiger partial charge in [0.15, 0.2) is 0 Å². The second-order valence-corrected chi connectivity index (χ2v) is 10.5. The van der Waals surface area contributed by atoms with Crippen LogP contribution in [0.15, 0.2) is 48.5 Å². The highest BCUT2D eigenvalue weighted by Crippen LogP contribution is 2.45. The topological polar surface area (TPSA) is 0 Å². The van der Waals surface area contributed by atoms with Crippen LogP contribution in [0, 0.1) is 0 Å². The Morgan fingerprint density at radius 3 is 0.966 bits per heavy atom. The molecule has 0 aliphatic rings. The molecule has 2 aromatic carbocycles. The summed E-state index contributed by atoms with van der Waals surface area (Å²) in [6.07, 6.45) is 0. The molecule has 1 heteroatoms. The highest BCUT2D eigenvalue weighted by molar-refractivity contribution is 7.18. The van der Waals surface area contributed by atoms with Gasteiger partial charge in [-0.3, -0.25) is 0 Å². The van der Waals surface area contributed by atoms with E-state index in [4.69, 9.17) is 0 Å². The quantitative estimate of drug-likeness (QED) is 0.383. The summed E-state index contributed by atoms with van der Waals surface area (Å²) < 4.78 is 0. The van der Waals surface area contributed by atoms with Crippen molar-refractivity contribution in [2.45, 2.75) is 79.1 Å². The van der Waals surface area contributed by atoms with Crippen molar-refractivity contribution in [2.24, 2.45) is 0 Å². The minimum Gasteiger partial charge on any atom is -0.135 e. The van der Waals surface area contributed by atoms with E-state index in [1.54, 1.807) is 0 Å². The smallest absolute Gasteiger partial charge is 0.0355 e. The van der Waals surface area contributed by atoms with E-state index >= 15 is 0 Å². The van der Waals surface area contributed by atoms with E-state index < -0.39 is 0 Å². The number of thiophene rings is 1. The Morgan fingerprint density at radius 2 is 0.724 bits per heavy atom. The molecule has 154 valence electrons. The first-order chi connectivity index (χ1) is 13.7. The Bertz CT molecular complexity index is 839. The maximum absolute atomic E-state index is 2.36. The second-order valence-electron chi connectivity index (χ2n) is 9.41. The zero-order chi connectivity index (χ0) is 21.3. The Morgan fingerprint density at radius 1 is 0.448 bits per heavy atom. The molecule has 0 aliphatic heterocycles. The summed E-state index contributed by atoms with van der Waals surface area (Å²) in [6, 6.07) is 18.4. The van der Waals surface area contributed by atoms with Crippen molar-refractivity contribution in [3.63, 3.8) is 0 Å². The molecule has 0 saturated carbocycles. The Labute approximate surface area is 182 Å². The minimum absolute atomic E-state index is 0.517. The summed E-state index contributed by atoms with van der Waals surface area (Å²) >= 11 is 1.97. The van der Waals surface area contributed by atoms with Gasteiger partial charge in [-0.2, -0.15) is 0 Å². The lowest BCUT2D eigenvalue weighted by molar-refractivity contribution is 0.839. The van der Waals surface area contributed by atoms with Gasteiger partial charge in [-0.05, 0) is 69.2 Å². The lowest BCUT2D eigenvalue weighted by Crippen LogP contribution is -1.99. The van der Waals surface area contributed by atoms with Crippen molar-refractivity contribution in [1.29, 1.82) is 0 Å². The number of rotatable bonds is 6. The van der Waals surface area contributed by atoms with E-state index in [-0.39, 0.29) is 0 Å². The molecule has 0 saturated heterocycles. The molecular weight excluding hydrogens is 368 g/mol. The van der Waals surface area contributed by atoms with Crippen LogP contribution in [0.2, 0.25) is 0 Å². The fraction of sp³-hybridized carbons (Fsp3) is 0.429. The SMILES string of the molecule is CC(C)c1cccc(C(C)C)c1-c1ccc(-c2c(C(C)C)cccc2C(C)C)s1. The average molecular weight is 405 g/mol. The van der Waals surface area contributed by atoms with Gasteiger partial charge >= 0.3 is 0 Å². The molecule has 0 bridgehead atoms. The van der Waals surface area contributed by atoms with Gasteiger partial charge in [0.1, 0.15) is 0 Å². The lowest BCUT2D eigenvalue weighted by Gasteiger charge is -2.20. The maximum Gasteiger partial charge on any atom is 0.0355 e. The first kappa shape index (κ1) is 21.8. The van der Waals surface area contributed by atoms with Crippen molar-refractivity contribution in [2.75, 3.05) is 0 Å². The van der Waals surface area contributed by atoms with Crippen molar-refractivity contribution in [3.05, 3.63) is 70.8 Å². The maximum atomic E-state index is 2.36. The van der Waals surface area contributed by atoms with Gasteiger partial charge in [-0.1, -0.05) is 91.8 Å². The molecule has 0 spiro atoms. The number of hydrogen-bond donors (Lipinski definition) is 0. The van der Waals surface area contributed by atoms with E-state index in [2.05, 4.69) is 104 Å². The van der Waals surface area contributed by atoms with Crippen LogP contribution in [0.3, 0.4) is 0 Å². The first-order valence-electron chi connectivity index (χ1n) is 11.1. The molecule has 3 rings (SSSR count). The molecule has 0 N–H and O–H groups in total. The van der Waals surface area contributed by atoms with Gasteiger partial charge in [0, 0.05) is 9.75 Å². The van der Waals surface area contributed by atoms with Crippen molar-refractivity contribution in [3.8, 4) is 20.9 Å². The summed E-state index contributed by atoms with van der Waals surface area (Å²) in [5.41, 5.74) is 8.78. The van der Waals surface area contributed by atoms with E-state index in [1.807, 2.05) is 11.3 Å². The van der Waals surface area contributed by atoms with E-state index in [1.165, 1.54) is 43.1 Å². The normalized spacial score (nSPS) is 12.0. The van der Waals surface area contributed by atoms with Gasteiger partial charge in [-0.25, -0.2) is 0 Å². The van der Waals surface area contributed by atoms with E-state index in [0.717, 1.165) is 0 Å². The van der Waals surface area contributed by atoms with Gasteiger partial charge in [-0.15, -0.1) is 11.3 Å². The lowest BCUT2D eigenvalue weighted by atomic mass is 9.87.